The molecule has 0 heterocycles. The van der Waals surface area contributed by atoms with Gasteiger partial charge in [0.05, 0.1) is 0 Å². The van der Waals surface area contributed by atoms with Gasteiger partial charge in [0.2, 0.25) is 0 Å². The summed E-state index contributed by atoms with van der Waals surface area (Å²) in [6, 6.07) is -0.335. The lowest BCUT2D eigenvalue weighted by molar-refractivity contribution is -0.474. The Bertz CT molecular complexity index is 927. The van der Waals surface area contributed by atoms with Crippen molar-refractivity contribution >= 4 is 8.80 Å². The highest BCUT2D eigenvalue weighted by molar-refractivity contribution is 6.60. The van der Waals surface area contributed by atoms with Crippen molar-refractivity contribution in [3.8, 4) is 0 Å². The van der Waals surface area contributed by atoms with Crippen molar-refractivity contribution in [2.75, 3.05) is 19.8 Å². The molecule has 0 saturated heterocycles. The van der Waals surface area contributed by atoms with Gasteiger partial charge in [0.15, 0.2) is 0 Å². The van der Waals surface area contributed by atoms with Crippen LogP contribution >= 0.6 is 0 Å². The van der Waals surface area contributed by atoms with E-state index in [-0.39, 0.29) is 19.3 Å². The molecule has 0 aromatic rings. The Hall–Kier alpha value is -1.37. The quantitative estimate of drug-likeness (QED) is 0.112. The summed E-state index contributed by atoms with van der Waals surface area (Å²) in [5, 5.41) is 0. The topological polar surface area (TPSA) is 27.7 Å². The van der Waals surface area contributed by atoms with Crippen LogP contribution in [0.5, 0.6) is 0 Å². The normalized spacial score (nSPS) is 16.2. The summed E-state index contributed by atoms with van der Waals surface area (Å²) in [7, 11) is -4.06. The lowest BCUT2D eigenvalue weighted by Gasteiger charge is -2.44. The Morgan fingerprint density at radius 2 is 0.674 bits per heavy atom. The molecule has 0 rings (SSSR count). The molecular formula is C18H19F21O3Si. The fourth-order valence-electron chi connectivity index (χ4n) is 2.95. The zero-order valence-electron chi connectivity index (χ0n) is 21.2. The molecule has 0 aromatic heterocycles. The first kappa shape index (κ1) is 41.6. The highest BCUT2D eigenvalue weighted by Crippen LogP contribution is 2.66. The number of hydrogen-bond acceptors (Lipinski definition) is 3. The largest absolute Gasteiger partial charge is 0.500 e. The zero-order chi connectivity index (χ0) is 35.2. The standard InChI is InChI=1S/C18H19F21O3Si/c1-4-40-43(6-3,41-5-2)42-8-7-9(19,20)10(21,22)11(23,24)12(25,26)13(27,28)14(29,30)15(31,32)16(33,34)17(35,36)18(37,38)39/h4-8H2,1-3H3. The SMILES string of the molecule is CCO[Si](CC)(OCC)OCCC(F)(F)C(F)(F)C(F)(F)C(F)(F)C(F)(F)C(F)(F)C(F)(F)C(F)(F)C(F)(F)C(F)(F)F. The monoisotopic (exact) mass is 710 g/mol. The van der Waals surface area contributed by atoms with E-state index in [0.717, 1.165) is 0 Å². The molecule has 0 radical (unpaired) electrons. The maximum absolute atomic E-state index is 14.0. The molecule has 0 aliphatic rings. The molecular weight excluding hydrogens is 691 g/mol. The van der Waals surface area contributed by atoms with Crippen molar-refractivity contribution in [3.63, 3.8) is 0 Å². The Kier molecular flexibility index (Phi) is 11.7. The van der Waals surface area contributed by atoms with Gasteiger partial charge >= 0.3 is 68.3 Å². The van der Waals surface area contributed by atoms with Crippen LogP contribution in [0.4, 0.5) is 92.2 Å². The van der Waals surface area contributed by atoms with E-state index in [1.165, 1.54) is 20.8 Å². The van der Waals surface area contributed by atoms with Crippen LogP contribution in [-0.4, -0.2) is 88.1 Å². The summed E-state index contributed by atoms with van der Waals surface area (Å²) in [5.41, 5.74) is 0. The third kappa shape index (κ3) is 6.23. The minimum Gasteiger partial charge on any atom is -0.374 e. The van der Waals surface area contributed by atoms with Gasteiger partial charge in [0, 0.05) is 32.3 Å². The van der Waals surface area contributed by atoms with Gasteiger partial charge in [-0.15, -0.1) is 0 Å². The average Bonchev–Trinajstić information content (AvgIpc) is 2.82. The Morgan fingerprint density at radius 1 is 0.395 bits per heavy atom. The summed E-state index contributed by atoms with van der Waals surface area (Å²) in [5.74, 6) is -77.2. The van der Waals surface area contributed by atoms with E-state index < -0.39 is 81.3 Å². The first-order valence-corrected chi connectivity index (χ1v) is 13.0. The summed E-state index contributed by atoms with van der Waals surface area (Å²) in [4.78, 5) is 0. The van der Waals surface area contributed by atoms with Crippen LogP contribution < -0.4 is 0 Å². The van der Waals surface area contributed by atoms with E-state index in [0.29, 0.717) is 0 Å². The summed E-state index contributed by atoms with van der Waals surface area (Å²) >= 11 is 0. The maximum atomic E-state index is 14.0. The molecule has 260 valence electrons. The molecule has 0 N–H and O–H groups in total. The minimum atomic E-state index is -9.19. The van der Waals surface area contributed by atoms with E-state index in [4.69, 9.17) is 8.85 Å². The predicted octanol–water partition coefficient (Wildman–Crippen LogP) is 8.70. The highest BCUT2D eigenvalue weighted by atomic mass is 28.4. The first-order chi connectivity index (χ1) is 18.6. The molecule has 0 atom stereocenters. The van der Waals surface area contributed by atoms with Gasteiger partial charge in [0.1, 0.15) is 0 Å². The maximum Gasteiger partial charge on any atom is 0.500 e. The Morgan fingerprint density at radius 3 is 0.930 bits per heavy atom. The number of rotatable bonds is 17. The van der Waals surface area contributed by atoms with Crippen LogP contribution in [0.3, 0.4) is 0 Å². The minimum absolute atomic E-state index is 0.307. The van der Waals surface area contributed by atoms with Crippen molar-refractivity contribution in [1.29, 1.82) is 0 Å². The van der Waals surface area contributed by atoms with Crippen LogP contribution in [0.25, 0.3) is 0 Å². The molecule has 25 heteroatoms. The second-order valence-electron chi connectivity index (χ2n) is 8.30. The molecule has 0 saturated carbocycles. The van der Waals surface area contributed by atoms with Crippen molar-refractivity contribution in [2.45, 2.75) is 92.7 Å². The fraction of sp³-hybridized carbons (Fsp3) is 1.00. The Balaban J connectivity index is 6.72. The van der Waals surface area contributed by atoms with Crippen molar-refractivity contribution in [3.05, 3.63) is 0 Å². The van der Waals surface area contributed by atoms with E-state index in [1.54, 1.807) is 0 Å². The van der Waals surface area contributed by atoms with Crippen molar-refractivity contribution in [2.24, 2.45) is 0 Å². The lowest BCUT2D eigenvalue weighted by Crippen LogP contribution is -2.76. The second-order valence-corrected chi connectivity index (χ2v) is 11.2. The Labute approximate surface area is 228 Å². The molecule has 0 fully saturated rings. The smallest absolute Gasteiger partial charge is 0.374 e. The van der Waals surface area contributed by atoms with Gasteiger partial charge in [-0.3, -0.25) is 0 Å². The van der Waals surface area contributed by atoms with E-state index in [2.05, 4.69) is 4.43 Å². The van der Waals surface area contributed by atoms with Gasteiger partial charge < -0.3 is 13.3 Å². The molecule has 0 spiro atoms. The highest BCUT2D eigenvalue weighted by Gasteiger charge is 2.97. The predicted molar refractivity (Wildman–Crippen MR) is 101 cm³/mol. The second kappa shape index (κ2) is 12.1. The number of hydrogen-bond donors (Lipinski definition) is 0. The lowest BCUT2D eigenvalue weighted by atomic mass is 9.86. The van der Waals surface area contributed by atoms with Gasteiger partial charge in [-0.1, -0.05) is 6.92 Å². The molecule has 3 nitrogen and oxygen atoms in total. The molecule has 0 amide bonds. The molecule has 43 heavy (non-hydrogen) atoms. The van der Waals surface area contributed by atoms with E-state index in [1.807, 2.05) is 0 Å². The van der Waals surface area contributed by atoms with Crippen LogP contribution in [0.2, 0.25) is 6.04 Å². The van der Waals surface area contributed by atoms with Crippen LogP contribution in [0.1, 0.15) is 27.2 Å². The van der Waals surface area contributed by atoms with E-state index >= 15 is 0 Å². The van der Waals surface area contributed by atoms with Crippen LogP contribution in [0, 0.1) is 0 Å². The third-order valence-corrected chi connectivity index (χ3v) is 8.44. The van der Waals surface area contributed by atoms with Crippen LogP contribution in [0.15, 0.2) is 0 Å². The first-order valence-electron chi connectivity index (χ1n) is 11.0. The average molecular weight is 710 g/mol. The van der Waals surface area contributed by atoms with Gasteiger partial charge in [0.25, 0.3) is 0 Å². The fourth-order valence-corrected chi connectivity index (χ4v) is 5.11. The molecule has 0 unspecified atom stereocenters. The van der Waals surface area contributed by atoms with Gasteiger partial charge in [-0.25, -0.2) is 0 Å². The van der Waals surface area contributed by atoms with E-state index in [9.17, 15) is 92.2 Å². The molecule has 0 aliphatic carbocycles. The van der Waals surface area contributed by atoms with Gasteiger partial charge in [-0.2, -0.15) is 92.2 Å². The van der Waals surface area contributed by atoms with Gasteiger partial charge in [-0.05, 0) is 13.8 Å². The third-order valence-electron chi connectivity index (χ3n) is 5.48. The zero-order valence-corrected chi connectivity index (χ0v) is 22.2. The number of halogens is 21. The summed E-state index contributed by atoms with van der Waals surface area (Å²) < 4.78 is 296. The summed E-state index contributed by atoms with van der Waals surface area (Å²) in [6.07, 6.45) is -10.9. The van der Waals surface area contributed by atoms with Crippen molar-refractivity contribution < 1.29 is 105 Å². The number of alkyl halides is 21. The summed E-state index contributed by atoms with van der Waals surface area (Å²) in [6.45, 7) is 1.20. The molecule has 0 aromatic carbocycles. The van der Waals surface area contributed by atoms with Crippen molar-refractivity contribution in [1.82, 2.24) is 0 Å². The molecule has 0 aliphatic heterocycles. The van der Waals surface area contributed by atoms with Crippen LogP contribution in [-0.2, 0) is 13.3 Å². The molecule has 0 bridgehead atoms.